The van der Waals surface area contributed by atoms with Crippen molar-refractivity contribution in [2.45, 2.75) is 46.6 Å². The van der Waals surface area contributed by atoms with Crippen LogP contribution in [0.4, 0.5) is 0 Å². The number of carbonyl (C=O) groups excluding carboxylic acids is 1. The van der Waals surface area contributed by atoms with Crippen molar-refractivity contribution in [1.29, 1.82) is 0 Å². The second-order valence-corrected chi connectivity index (χ2v) is 4.13. The number of ether oxygens (including phenoxy) is 1. The van der Waals surface area contributed by atoms with Gasteiger partial charge in [-0.25, -0.2) is 4.79 Å². The van der Waals surface area contributed by atoms with Crippen molar-refractivity contribution in [2.24, 2.45) is 5.92 Å². The van der Waals surface area contributed by atoms with Gasteiger partial charge in [0, 0.05) is 5.57 Å². The Bertz CT molecular complexity index is 219. The standard InChI is InChI=1S/C12H22O3/c1-5-15-12(14)10(4)6-7-11(13)8-9(2)3/h6,9,11,13H,5,7-8H2,1-4H3/b10-6+/t11-/m0/s1. The predicted octanol–water partition coefficient (Wildman–Crippen LogP) is 2.29. The molecule has 88 valence electrons. The van der Waals surface area contributed by atoms with Crippen molar-refractivity contribution in [2.75, 3.05) is 6.61 Å². The summed E-state index contributed by atoms with van der Waals surface area (Å²) in [6.45, 7) is 7.99. The van der Waals surface area contributed by atoms with Crippen molar-refractivity contribution in [3.05, 3.63) is 11.6 Å². The molecule has 0 heterocycles. The van der Waals surface area contributed by atoms with Crippen LogP contribution in [0.5, 0.6) is 0 Å². The van der Waals surface area contributed by atoms with Crippen molar-refractivity contribution < 1.29 is 14.6 Å². The number of hydrogen-bond donors (Lipinski definition) is 1. The first-order chi connectivity index (χ1) is 6.97. The van der Waals surface area contributed by atoms with E-state index in [2.05, 4.69) is 13.8 Å². The molecule has 0 rings (SSSR count). The van der Waals surface area contributed by atoms with Crippen molar-refractivity contribution in [1.82, 2.24) is 0 Å². The van der Waals surface area contributed by atoms with Gasteiger partial charge in [-0.2, -0.15) is 0 Å². The van der Waals surface area contributed by atoms with E-state index >= 15 is 0 Å². The summed E-state index contributed by atoms with van der Waals surface area (Å²) in [5.41, 5.74) is 0.569. The minimum absolute atomic E-state index is 0.297. The quantitative estimate of drug-likeness (QED) is 0.545. The van der Waals surface area contributed by atoms with Gasteiger partial charge >= 0.3 is 5.97 Å². The lowest BCUT2D eigenvalue weighted by atomic mass is 10.0. The highest BCUT2D eigenvalue weighted by Crippen LogP contribution is 2.09. The molecular formula is C12H22O3. The molecule has 0 aliphatic heterocycles. The fourth-order valence-corrected chi connectivity index (χ4v) is 1.28. The molecule has 0 saturated carbocycles. The maximum Gasteiger partial charge on any atom is 0.333 e. The van der Waals surface area contributed by atoms with Gasteiger partial charge < -0.3 is 9.84 Å². The van der Waals surface area contributed by atoms with E-state index in [-0.39, 0.29) is 12.1 Å². The Balaban J connectivity index is 3.98. The van der Waals surface area contributed by atoms with Crippen LogP contribution < -0.4 is 0 Å². The van der Waals surface area contributed by atoms with Gasteiger partial charge in [-0.1, -0.05) is 19.9 Å². The van der Waals surface area contributed by atoms with Gasteiger partial charge in [0.15, 0.2) is 0 Å². The molecule has 0 aromatic carbocycles. The fraction of sp³-hybridized carbons (Fsp3) is 0.750. The molecule has 0 unspecified atom stereocenters. The van der Waals surface area contributed by atoms with Crippen LogP contribution in [0.2, 0.25) is 0 Å². The monoisotopic (exact) mass is 214 g/mol. The minimum atomic E-state index is -0.366. The molecule has 3 heteroatoms. The highest BCUT2D eigenvalue weighted by atomic mass is 16.5. The Labute approximate surface area is 92.1 Å². The molecule has 0 bridgehead atoms. The molecule has 0 aromatic heterocycles. The molecule has 0 radical (unpaired) electrons. The van der Waals surface area contributed by atoms with Crippen LogP contribution in [0, 0.1) is 5.92 Å². The zero-order valence-corrected chi connectivity index (χ0v) is 10.1. The van der Waals surface area contributed by atoms with Crippen LogP contribution in [0.1, 0.15) is 40.5 Å². The van der Waals surface area contributed by atoms with Gasteiger partial charge in [0.25, 0.3) is 0 Å². The van der Waals surface area contributed by atoms with Gasteiger partial charge in [0.2, 0.25) is 0 Å². The third-order valence-electron chi connectivity index (χ3n) is 2.04. The zero-order valence-electron chi connectivity index (χ0n) is 10.1. The summed E-state index contributed by atoms with van der Waals surface area (Å²) in [6.07, 6.45) is 2.65. The average molecular weight is 214 g/mol. The first-order valence-electron chi connectivity index (χ1n) is 5.49. The molecule has 0 spiro atoms. The summed E-state index contributed by atoms with van der Waals surface area (Å²) in [4.78, 5) is 11.2. The Morgan fingerprint density at radius 2 is 2.07 bits per heavy atom. The van der Waals surface area contributed by atoms with Gasteiger partial charge in [-0.05, 0) is 32.6 Å². The van der Waals surface area contributed by atoms with E-state index in [1.54, 1.807) is 19.9 Å². The highest BCUT2D eigenvalue weighted by molar-refractivity contribution is 5.87. The molecule has 0 fully saturated rings. The molecule has 0 aromatic rings. The van der Waals surface area contributed by atoms with E-state index in [0.717, 1.165) is 6.42 Å². The number of esters is 1. The SMILES string of the molecule is CCOC(=O)/C(C)=C/C[C@H](O)CC(C)C. The molecule has 0 amide bonds. The van der Waals surface area contributed by atoms with Gasteiger partial charge in [0.1, 0.15) is 0 Å². The Morgan fingerprint density at radius 1 is 1.47 bits per heavy atom. The van der Waals surface area contributed by atoms with Gasteiger partial charge in [0.05, 0.1) is 12.7 Å². The summed E-state index contributed by atoms with van der Waals surface area (Å²) >= 11 is 0. The first kappa shape index (κ1) is 14.2. The summed E-state index contributed by atoms with van der Waals surface area (Å²) < 4.78 is 4.83. The average Bonchev–Trinajstić information content (AvgIpc) is 2.13. The molecular weight excluding hydrogens is 192 g/mol. The minimum Gasteiger partial charge on any atom is -0.463 e. The lowest BCUT2D eigenvalue weighted by molar-refractivity contribution is -0.138. The van der Waals surface area contributed by atoms with Gasteiger partial charge in [-0.3, -0.25) is 0 Å². The smallest absolute Gasteiger partial charge is 0.333 e. The summed E-state index contributed by atoms with van der Waals surface area (Å²) in [5, 5.41) is 9.58. The van der Waals surface area contributed by atoms with Crippen LogP contribution in [-0.2, 0) is 9.53 Å². The summed E-state index contributed by atoms with van der Waals surface area (Å²) in [7, 11) is 0. The zero-order chi connectivity index (χ0) is 11.8. The van der Waals surface area contributed by atoms with Crippen LogP contribution in [0.15, 0.2) is 11.6 Å². The fourth-order valence-electron chi connectivity index (χ4n) is 1.28. The van der Waals surface area contributed by atoms with E-state index in [4.69, 9.17) is 4.74 Å². The van der Waals surface area contributed by atoms with E-state index in [0.29, 0.717) is 24.5 Å². The number of carbonyl (C=O) groups is 1. The maximum absolute atomic E-state index is 11.2. The molecule has 0 aliphatic rings. The normalized spacial score (nSPS) is 14.1. The number of aliphatic hydroxyl groups is 1. The van der Waals surface area contributed by atoms with Crippen LogP contribution in [0.25, 0.3) is 0 Å². The lowest BCUT2D eigenvalue weighted by Crippen LogP contribution is -2.10. The van der Waals surface area contributed by atoms with E-state index in [9.17, 15) is 9.90 Å². The summed E-state index contributed by atoms with van der Waals surface area (Å²) in [6, 6.07) is 0. The summed E-state index contributed by atoms with van der Waals surface area (Å²) in [5.74, 6) is 0.172. The predicted molar refractivity (Wildman–Crippen MR) is 60.5 cm³/mol. The Kier molecular flexibility index (Phi) is 7.05. The lowest BCUT2D eigenvalue weighted by Gasteiger charge is -2.10. The van der Waals surface area contributed by atoms with Crippen molar-refractivity contribution in [3.8, 4) is 0 Å². The largest absolute Gasteiger partial charge is 0.463 e. The van der Waals surface area contributed by atoms with Gasteiger partial charge in [-0.15, -0.1) is 0 Å². The van der Waals surface area contributed by atoms with Crippen LogP contribution >= 0.6 is 0 Å². The molecule has 1 atom stereocenters. The van der Waals surface area contributed by atoms with Crippen LogP contribution in [-0.4, -0.2) is 23.8 Å². The first-order valence-corrected chi connectivity index (χ1v) is 5.49. The maximum atomic E-state index is 11.2. The Hall–Kier alpha value is -0.830. The molecule has 1 N–H and O–H groups in total. The number of rotatable bonds is 6. The number of hydrogen-bond acceptors (Lipinski definition) is 3. The van der Waals surface area contributed by atoms with E-state index in [1.807, 2.05) is 0 Å². The van der Waals surface area contributed by atoms with E-state index < -0.39 is 0 Å². The molecule has 15 heavy (non-hydrogen) atoms. The third kappa shape index (κ3) is 7.14. The number of aliphatic hydroxyl groups excluding tert-OH is 1. The highest BCUT2D eigenvalue weighted by Gasteiger charge is 2.08. The van der Waals surface area contributed by atoms with E-state index in [1.165, 1.54) is 0 Å². The van der Waals surface area contributed by atoms with Crippen molar-refractivity contribution in [3.63, 3.8) is 0 Å². The third-order valence-corrected chi connectivity index (χ3v) is 2.04. The van der Waals surface area contributed by atoms with Crippen LogP contribution in [0.3, 0.4) is 0 Å². The second kappa shape index (κ2) is 7.46. The molecule has 0 saturated heterocycles. The second-order valence-electron chi connectivity index (χ2n) is 4.13. The Morgan fingerprint density at radius 3 is 2.53 bits per heavy atom. The van der Waals surface area contributed by atoms with Crippen molar-refractivity contribution >= 4 is 5.97 Å². The molecule has 3 nitrogen and oxygen atoms in total. The topological polar surface area (TPSA) is 46.5 Å². The molecule has 0 aliphatic carbocycles.